The minimum atomic E-state index is 0.170. The number of hydrogen-bond donors (Lipinski definition) is 1. The fraction of sp³-hybridized carbons (Fsp3) is 0.400. The number of nitrogens with two attached hydrogens (primary N) is 1. The number of ether oxygens (including phenoxy) is 3. The molecular formula is C10H13NO3. The van der Waals surface area contributed by atoms with Crippen LogP contribution in [-0.4, -0.2) is 26.4 Å². The maximum atomic E-state index is 5.67. The molecule has 0 spiro atoms. The first-order valence-electron chi connectivity index (χ1n) is 4.47. The van der Waals surface area contributed by atoms with Gasteiger partial charge in [0, 0.05) is 6.07 Å². The van der Waals surface area contributed by atoms with Crippen molar-refractivity contribution >= 4 is 5.69 Å². The average molecular weight is 195 g/mol. The van der Waals surface area contributed by atoms with Crippen LogP contribution in [-0.2, 0) is 4.74 Å². The van der Waals surface area contributed by atoms with Gasteiger partial charge in [0.1, 0.15) is 17.6 Å². The summed E-state index contributed by atoms with van der Waals surface area (Å²) in [5.41, 5.74) is 6.29. The first-order valence-corrected chi connectivity index (χ1v) is 4.47. The summed E-state index contributed by atoms with van der Waals surface area (Å²) in [5.74, 6) is 1.41. The molecule has 0 atom stereocenters. The summed E-state index contributed by atoms with van der Waals surface area (Å²) in [5, 5.41) is 0. The summed E-state index contributed by atoms with van der Waals surface area (Å²) in [6.07, 6.45) is 0.170. The zero-order chi connectivity index (χ0) is 9.97. The fourth-order valence-electron chi connectivity index (χ4n) is 1.24. The molecule has 1 aliphatic rings. The molecule has 0 saturated carbocycles. The Kier molecular flexibility index (Phi) is 2.45. The molecule has 4 heteroatoms. The van der Waals surface area contributed by atoms with Crippen molar-refractivity contribution in [1.29, 1.82) is 0 Å². The highest BCUT2D eigenvalue weighted by Gasteiger charge is 2.20. The highest BCUT2D eigenvalue weighted by Crippen LogP contribution is 2.27. The van der Waals surface area contributed by atoms with Crippen LogP contribution in [0.1, 0.15) is 0 Å². The SMILES string of the molecule is COc1cc(OC2COC2)ccc1N. The van der Waals surface area contributed by atoms with Crippen molar-refractivity contribution in [3.8, 4) is 11.5 Å². The van der Waals surface area contributed by atoms with E-state index < -0.39 is 0 Å². The fourth-order valence-corrected chi connectivity index (χ4v) is 1.24. The zero-order valence-corrected chi connectivity index (χ0v) is 8.03. The molecule has 0 unspecified atom stereocenters. The van der Waals surface area contributed by atoms with Crippen LogP contribution in [0.2, 0.25) is 0 Å². The third-order valence-electron chi connectivity index (χ3n) is 2.12. The normalized spacial score (nSPS) is 16.1. The minimum absolute atomic E-state index is 0.170. The molecule has 1 saturated heterocycles. The summed E-state index contributed by atoms with van der Waals surface area (Å²) >= 11 is 0. The van der Waals surface area contributed by atoms with Gasteiger partial charge in [-0.2, -0.15) is 0 Å². The Balaban J connectivity index is 2.09. The first-order chi connectivity index (χ1) is 6.79. The van der Waals surface area contributed by atoms with Crippen molar-refractivity contribution in [2.75, 3.05) is 26.1 Å². The van der Waals surface area contributed by atoms with E-state index in [0.29, 0.717) is 24.7 Å². The van der Waals surface area contributed by atoms with E-state index in [1.807, 2.05) is 6.07 Å². The molecule has 0 aromatic heterocycles. The molecule has 1 fully saturated rings. The molecule has 2 rings (SSSR count). The van der Waals surface area contributed by atoms with E-state index in [0.717, 1.165) is 5.75 Å². The minimum Gasteiger partial charge on any atom is -0.494 e. The number of methoxy groups -OCH3 is 1. The standard InChI is InChI=1S/C10H13NO3/c1-12-10-4-7(2-3-9(10)11)14-8-5-13-6-8/h2-4,8H,5-6,11H2,1H3. The predicted molar refractivity (Wildman–Crippen MR) is 52.6 cm³/mol. The maximum Gasteiger partial charge on any atom is 0.145 e. The van der Waals surface area contributed by atoms with Crippen LogP contribution in [0.25, 0.3) is 0 Å². The summed E-state index contributed by atoms with van der Waals surface area (Å²) in [4.78, 5) is 0. The number of nitrogen functional groups attached to an aromatic ring is 1. The smallest absolute Gasteiger partial charge is 0.145 e. The Labute approximate surface area is 82.6 Å². The van der Waals surface area contributed by atoms with E-state index in [1.165, 1.54) is 0 Å². The molecule has 76 valence electrons. The Hall–Kier alpha value is -1.42. The van der Waals surface area contributed by atoms with Crippen molar-refractivity contribution < 1.29 is 14.2 Å². The number of rotatable bonds is 3. The Bertz CT molecular complexity index is 323. The van der Waals surface area contributed by atoms with Gasteiger partial charge in [0.2, 0.25) is 0 Å². The highest BCUT2D eigenvalue weighted by molar-refractivity contribution is 5.55. The number of benzene rings is 1. The maximum absolute atomic E-state index is 5.67. The van der Waals surface area contributed by atoms with Crippen LogP contribution in [0.4, 0.5) is 5.69 Å². The van der Waals surface area contributed by atoms with Crippen LogP contribution in [0.3, 0.4) is 0 Å². The largest absolute Gasteiger partial charge is 0.494 e. The average Bonchev–Trinajstić information content (AvgIpc) is 2.14. The molecule has 0 radical (unpaired) electrons. The molecule has 14 heavy (non-hydrogen) atoms. The van der Waals surface area contributed by atoms with Gasteiger partial charge in [-0.05, 0) is 12.1 Å². The van der Waals surface area contributed by atoms with Gasteiger partial charge in [-0.15, -0.1) is 0 Å². The van der Waals surface area contributed by atoms with Crippen molar-refractivity contribution in [2.24, 2.45) is 0 Å². The Morgan fingerprint density at radius 3 is 2.79 bits per heavy atom. The van der Waals surface area contributed by atoms with Crippen LogP contribution in [0.5, 0.6) is 11.5 Å². The summed E-state index contributed by atoms with van der Waals surface area (Å²) in [7, 11) is 1.59. The zero-order valence-electron chi connectivity index (χ0n) is 8.03. The lowest BCUT2D eigenvalue weighted by atomic mass is 10.2. The molecule has 1 aliphatic heterocycles. The van der Waals surface area contributed by atoms with Crippen LogP contribution in [0, 0.1) is 0 Å². The lowest BCUT2D eigenvalue weighted by Crippen LogP contribution is -2.38. The molecule has 4 nitrogen and oxygen atoms in total. The molecule has 0 amide bonds. The topological polar surface area (TPSA) is 53.7 Å². The molecule has 1 heterocycles. The van der Waals surface area contributed by atoms with Crippen molar-refractivity contribution in [3.05, 3.63) is 18.2 Å². The van der Waals surface area contributed by atoms with Crippen LogP contribution < -0.4 is 15.2 Å². The second-order valence-electron chi connectivity index (χ2n) is 3.18. The van der Waals surface area contributed by atoms with Crippen molar-refractivity contribution in [2.45, 2.75) is 6.10 Å². The molecule has 0 aliphatic carbocycles. The molecular weight excluding hydrogens is 182 g/mol. The summed E-state index contributed by atoms with van der Waals surface area (Å²) in [6.45, 7) is 1.32. The second kappa shape index (κ2) is 3.75. The van der Waals surface area contributed by atoms with Gasteiger partial charge in [0.05, 0.1) is 26.0 Å². The van der Waals surface area contributed by atoms with E-state index in [9.17, 15) is 0 Å². The second-order valence-corrected chi connectivity index (χ2v) is 3.18. The van der Waals surface area contributed by atoms with Gasteiger partial charge < -0.3 is 19.9 Å². The number of hydrogen-bond acceptors (Lipinski definition) is 4. The molecule has 1 aromatic carbocycles. The van der Waals surface area contributed by atoms with Gasteiger partial charge in [-0.25, -0.2) is 0 Å². The quantitative estimate of drug-likeness (QED) is 0.732. The molecule has 2 N–H and O–H groups in total. The first kappa shape index (κ1) is 9.15. The lowest BCUT2D eigenvalue weighted by Gasteiger charge is -2.26. The third kappa shape index (κ3) is 1.75. The molecule has 0 bridgehead atoms. The Morgan fingerprint density at radius 1 is 1.43 bits per heavy atom. The van der Waals surface area contributed by atoms with E-state index in [4.69, 9.17) is 19.9 Å². The summed E-state index contributed by atoms with van der Waals surface area (Å²) < 4.78 is 15.7. The third-order valence-corrected chi connectivity index (χ3v) is 2.12. The molecule has 1 aromatic rings. The predicted octanol–water partition coefficient (Wildman–Crippen LogP) is 1.05. The van der Waals surface area contributed by atoms with Gasteiger partial charge in [0.25, 0.3) is 0 Å². The van der Waals surface area contributed by atoms with E-state index in [2.05, 4.69) is 0 Å². The van der Waals surface area contributed by atoms with Gasteiger partial charge in [-0.1, -0.05) is 0 Å². The van der Waals surface area contributed by atoms with Gasteiger partial charge in [0.15, 0.2) is 0 Å². The Morgan fingerprint density at radius 2 is 2.21 bits per heavy atom. The highest BCUT2D eigenvalue weighted by atomic mass is 16.6. The number of anilines is 1. The monoisotopic (exact) mass is 195 g/mol. The van der Waals surface area contributed by atoms with Crippen molar-refractivity contribution in [3.63, 3.8) is 0 Å². The summed E-state index contributed by atoms with van der Waals surface area (Å²) in [6, 6.07) is 5.39. The van der Waals surface area contributed by atoms with Crippen molar-refractivity contribution in [1.82, 2.24) is 0 Å². The van der Waals surface area contributed by atoms with Crippen LogP contribution >= 0.6 is 0 Å². The van der Waals surface area contributed by atoms with E-state index >= 15 is 0 Å². The lowest BCUT2D eigenvalue weighted by molar-refractivity contribution is -0.0797. The van der Waals surface area contributed by atoms with Gasteiger partial charge in [-0.3, -0.25) is 0 Å². The van der Waals surface area contributed by atoms with E-state index in [1.54, 1.807) is 19.2 Å². The van der Waals surface area contributed by atoms with E-state index in [-0.39, 0.29) is 6.10 Å². The van der Waals surface area contributed by atoms with Gasteiger partial charge >= 0.3 is 0 Å². The van der Waals surface area contributed by atoms with Crippen LogP contribution in [0.15, 0.2) is 18.2 Å².